The van der Waals surface area contributed by atoms with Gasteiger partial charge in [0, 0.05) is 7.11 Å². The summed E-state index contributed by atoms with van der Waals surface area (Å²) < 4.78 is 5.11. The van der Waals surface area contributed by atoms with Gasteiger partial charge in [0.1, 0.15) is 0 Å². The predicted octanol–water partition coefficient (Wildman–Crippen LogP) is 4.76. The largest absolute Gasteiger partial charge is 0.381 e. The van der Waals surface area contributed by atoms with Gasteiger partial charge in [-0.25, -0.2) is 0 Å². The Morgan fingerprint density at radius 2 is 1.33 bits per heavy atom. The fourth-order valence-electron chi connectivity index (χ4n) is 1.80. The van der Waals surface area contributed by atoms with Gasteiger partial charge in [0.25, 0.3) is 0 Å². The Labute approximate surface area is 96.6 Å². The van der Waals surface area contributed by atoms with Crippen LogP contribution < -0.4 is 0 Å². The molecular weight excluding hydrogens is 184 g/mol. The van der Waals surface area contributed by atoms with Crippen LogP contribution in [-0.4, -0.2) is 13.2 Å². The maximum Gasteiger partial charge on any atom is 0.0572 e. The lowest BCUT2D eigenvalue weighted by Gasteiger charge is -2.08. The second-order valence-corrected chi connectivity index (χ2v) is 4.47. The molecule has 1 heteroatoms. The summed E-state index contributed by atoms with van der Waals surface area (Å²) >= 11 is 0. The molecule has 1 nitrogen and oxygen atoms in total. The van der Waals surface area contributed by atoms with Crippen LogP contribution in [0.2, 0.25) is 0 Å². The molecule has 0 aromatic rings. The van der Waals surface area contributed by atoms with Crippen molar-refractivity contribution in [2.75, 3.05) is 7.11 Å². The molecule has 0 aromatic heterocycles. The highest BCUT2D eigenvalue weighted by molar-refractivity contribution is 4.58. The van der Waals surface area contributed by atoms with E-state index >= 15 is 0 Å². The minimum absolute atomic E-state index is 0.203. The zero-order valence-corrected chi connectivity index (χ0v) is 10.8. The van der Waals surface area contributed by atoms with E-state index in [-0.39, 0.29) is 6.10 Å². The molecule has 0 amide bonds. The highest BCUT2D eigenvalue weighted by Gasteiger charge is 1.98. The number of hydrogen-bond acceptors (Lipinski definition) is 1. The van der Waals surface area contributed by atoms with Crippen molar-refractivity contribution in [2.24, 2.45) is 0 Å². The highest BCUT2D eigenvalue weighted by Crippen LogP contribution is 2.11. The van der Waals surface area contributed by atoms with E-state index in [1.807, 2.05) is 0 Å². The van der Waals surface area contributed by atoms with Crippen molar-refractivity contribution in [3.8, 4) is 0 Å². The maximum atomic E-state index is 5.11. The smallest absolute Gasteiger partial charge is 0.0572 e. The van der Waals surface area contributed by atoms with E-state index in [2.05, 4.69) is 13.8 Å². The van der Waals surface area contributed by atoms with Crippen molar-refractivity contribution in [1.82, 2.24) is 0 Å². The Morgan fingerprint density at radius 1 is 0.867 bits per heavy atom. The first-order chi connectivity index (χ1) is 7.31. The highest BCUT2D eigenvalue weighted by atomic mass is 16.5. The zero-order chi connectivity index (χ0) is 11.4. The average molecular weight is 213 g/mol. The van der Waals surface area contributed by atoms with Gasteiger partial charge < -0.3 is 4.74 Å². The molecule has 0 fully saturated rings. The van der Waals surface area contributed by atoms with Crippen molar-refractivity contribution < 1.29 is 4.74 Å². The lowest BCUT2D eigenvalue weighted by molar-refractivity contribution is 0.128. The van der Waals surface area contributed by atoms with Crippen molar-refractivity contribution in [3.63, 3.8) is 0 Å². The van der Waals surface area contributed by atoms with Crippen molar-refractivity contribution in [1.29, 1.82) is 0 Å². The molecule has 91 valence electrons. The molecule has 0 saturated carbocycles. The number of unbranched alkanes of at least 4 members (excludes halogenated alkanes) is 8. The van der Waals surface area contributed by atoms with E-state index < -0.39 is 0 Å². The van der Waals surface area contributed by atoms with Crippen LogP contribution >= 0.6 is 0 Å². The molecule has 1 radical (unpaired) electrons. The summed E-state index contributed by atoms with van der Waals surface area (Å²) in [4.78, 5) is 0. The Bertz CT molecular complexity index is 112. The second kappa shape index (κ2) is 12.0. The van der Waals surface area contributed by atoms with Crippen molar-refractivity contribution in [2.45, 2.75) is 77.2 Å². The summed E-state index contributed by atoms with van der Waals surface area (Å²) in [6.07, 6.45) is 13.8. The lowest BCUT2D eigenvalue weighted by Crippen LogP contribution is -2.04. The van der Waals surface area contributed by atoms with Gasteiger partial charge in [-0.05, 0) is 13.3 Å². The van der Waals surface area contributed by atoms with Gasteiger partial charge in [0.05, 0.1) is 6.10 Å². The van der Waals surface area contributed by atoms with Crippen LogP contribution in [0.15, 0.2) is 0 Å². The summed E-state index contributed by atoms with van der Waals surface area (Å²) in [5, 5.41) is 0. The summed E-state index contributed by atoms with van der Waals surface area (Å²) in [6, 6.07) is 0. The summed E-state index contributed by atoms with van der Waals surface area (Å²) in [7, 11) is 1.74. The molecule has 0 heterocycles. The van der Waals surface area contributed by atoms with Gasteiger partial charge in [-0.2, -0.15) is 0 Å². The minimum Gasteiger partial charge on any atom is -0.381 e. The van der Waals surface area contributed by atoms with Crippen LogP contribution in [0.4, 0.5) is 0 Å². The molecular formula is C14H29O. The van der Waals surface area contributed by atoms with Gasteiger partial charge in [0.15, 0.2) is 0 Å². The molecule has 0 aliphatic rings. The molecule has 0 spiro atoms. The zero-order valence-electron chi connectivity index (χ0n) is 10.8. The fraction of sp³-hybridized carbons (Fsp3) is 0.929. The van der Waals surface area contributed by atoms with Crippen LogP contribution in [0.1, 0.15) is 71.1 Å². The monoisotopic (exact) mass is 213 g/mol. The van der Waals surface area contributed by atoms with Crippen LogP contribution in [0.5, 0.6) is 0 Å². The van der Waals surface area contributed by atoms with E-state index in [0.717, 1.165) is 6.42 Å². The maximum absolute atomic E-state index is 5.11. The third kappa shape index (κ3) is 11.9. The van der Waals surface area contributed by atoms with E-state index in [9.17, 15) is 0 Å². The van der Waals surface area contributed by atoms with Gasteiger partial charge in [0.2, 0.25) is 0 Å². The van der Waals surface area contributed by atoms with Crippen LogP contribution in [-0.2, 0) is 4.74 Å². The third-order valence-corrected chi connectivity index (χ3v) is 2.96. The Hall–Kier alpha value is -0.0400. The average Bonchev–Trinajstić information content (AvgIpc) is 2.26. The molecule has 0 bridgehead atoms. The first kappa shape index (κ1) is 15.0. The number of methoxy groups -OCH3 is 1. The quantitative estimate of drug-likeness (QED) is 0.450. The van der Waals surface area contributed by atoms with E-state index in [4.69, 9.17) is 4.74 Å². The van der Waals surface area contributed by atoms with Gasteiger partial charge in [-0.1, -0.05) is 64.7 Å². The Kier molecular flexibility index (Phi) is 12.0. The number of hydrogen-bond donors (Lipinski definition) is 0. The third-order valence-electron chi connectivity index (χ3n) is 2.96. The molecule has 0 rings (SSSR count). The summed E-state index contributed by atoms with van der Waals surface area (Å²) in [6.45, 7) is 6.17. The molecule has 15 heavy (non-hydrogen) atoms. The first-order valence-corrected chi connectivity index (χ1v) is 6.67. The SMILES string of the molecule is [CH2]C(CCCCCCCCCCC)OC. The molecule has 0 saturated heterocycles. The van der Waals surface area contributed by atoms with Crippen molar-refractivity contribution >= 4 is 0 Å². The standard InChI is InChI=1S/C14H29O/c1-4-5-6-7-8-9-10-11-12-13-14(2)15-3/h14H,2,4-13H2,1,3H3. The Balaban J connectivity index is 2.92. The van der Waals surface area contributed by atoms with E-state index in [1.165, 1.54) is 57.8 Å². The molecule has 0 N–H and O–H groups in total. The van der Waals surface area contributed by atoms with Crippen molar-refractivity contribution in [3.05, 3.63) is 6.92 Å². The van der Waals surface area contributed by atoms with Gasteiger partial charge in [-0.3, -0.25) is 0 Å². The van der Waals surface area contributed by atoms with E-state index in [1.54, 1.807) is 7.11 Å². The minimum atomic E-state index is 0.203. The van der Waals surface area contributed by atoms with Crippen LogP contribution in [0.25, 0.3) is 0 Å². The molecule has 0 aliphatic heterocycles. The normalized spacial score (nSPS) is 13.0. The van der Waals surface area contributed by atoms with Gasteiger partial charge in [-0.15, -0.1) is 0 Å². The first-order valence-electron chi connectivity index (χ1n) is 6.67. The van der Waals surface area contributed by atoms with Crippen LogP contribution in [0, 0.1) is 6.92 Å². The number of ether oxygens (including phenoxy) is 1. The lowest BCUT2D eigenvalue weighted by atomic mass is 10.1. The van der Waals surface area contributed by atoms with Crippen LogP contribution in [0.3, 0.4) is 0 Å². The number of rotatable bonds is 11. The summed E-state index contributed by atoms with van der Waals surface area (Å²) in [5.41, 5.74) is 0. The Morgan fingerprint density at radius 3 is 1.80 bits per heavy atom. The predicted molar refractivity (Wildman–Crippen MR) is 68.0 cm³/mol. The topological polar surface area (TPSA) is 9.23 Å². The molecule has 1 unspecified atom stereocenters. The molecule has 0 aliphatic carbocycles. The van der Waals surface area contributed by atoms with Gasteiger partial charge >= 0.3 is 0 Å². The fourth-order valence-corrected chi connectivity index (χ4v) is 1.80. The van der Waals surface area contributed by atoms with E-state index in [0.29, 0.717) is 0 Å². The summed E-state index contributed by atoms with van der Waals surface area (Å²) in [5.74, 6) is 0. The molecule has 0 aromatic carbocycles. The second-order valence-electron chi connectivity index (χ2n) is 4.47. The molecule has 1 atom stereocenters.